The molecule has 1 amide bonds. The Balaban J connectivity index is 1.58. The molecule has 0 radical (unpaired) electrons. The van der Waals surface area contributed by atoms with Crippen LogP contribution in [0.3, 0.4) is 0 Å². The van der Waals surface area contributed by atoms with Crippen molar-refractivity contribution in [3.05, 3.63) is 76.1 Å². The summed E-state index contributed by atoms with van der Waals surface area (Å²) in [6.45, 7) is 3.81. The SMILES string of the molecule is Cc1nc2cc(NC(=O)c3c(C)nn(Cc4ccc(F)cc4)c3Cl)ccc2o1. The first-order valence-electron chi connectivity index (χ1n) is 8.56. The summed E-state index contributed by atoms with van der Waals surface area (Å²) in [7, 11) is 0. The highest BCUT2D eigenvalue weighted by molar-refractivity contribution is 6.33. The lowest BCUT2D eigenvalue weighted by Gasteiger charge is -2.06. The van der Waals surface area contributed by atoms with Crippen molar-refractivity contribution < 1.29 is 13.6 Å². The summed E-state index contributed by atoms with van der Waals surface area (Å²) in [5, 5.41) is 7.38. The molecule has 2 aromatic carbocycles. The topological polar surface area (TPSA) is 73.0 Å². The molecule has 28 heavy (non-hydrogen) atoms. The zero-order valence-electron chi connectivity index (χ0n) is 15.2. The van der Waals surface area contributed by atoms with E-state index >= 15 is 0 Å². The number of nitrogens with one attached hydrogen (secondary N) is 1. The van der Waals surface area contributed by atoms with Crippen molar-refractivity contribution in [1.82, 2.24) is 14.8 Å². The average molecular weight is 399 g/mol. The van der Waals surface area contributed by atoms with E-state index in [0.29, 0.717) is 40.5 Å². The summed E-state index contributed by atoms with van der Waals surface area (Å²) in [6.07, 6.45) is 0. The van der Waals surface area contributed by atoms with Gasteiger partial charge in [-0.3, -0.25) is 4.79 Å². The third kappa shape index (κ3) is 3.48. The molecule has 0 aliphatic rings. The van der Waals surface area contributed by atoms with Crippen LogP contribution in [0.15, 0.2) is 46.9 Å². The molecule has 2 aromatic heterocycles. The molecule has 4 rings (SSSR count). The van der Waals surface area contributed by atoms with Gasteiger partial charge in [0.25, 0.3) is 5.91 Å². The second-order valence-corrected chi connectivity index (χ2v) is 6.76. The minimum absolute atomic E-state index is 0.220. The van der Waals surface area contributed by atoms with Gasteiger partial charge in [0.05, 0.1) is 17.8 Å². The van der Waals surface area contributed by atoms with Crippen molar-refractivity contribution in [3.63, 3.8) is 0 Å². The highest BCUT2D eigenvalue weighted by Gasteiger charge is 2.21. The van der Waals surface area contributed by atoms with Crippen LogP contribution in [0.2, 0.25) is 5.15 Å². The predicted octanol–water partition coefficient (Wildman–Crippen LogP) is 4.73. The molecule has 142 valence electrons. The summed E-state index contributed by atoms with van der Waals surface area (Å²) in [4.78, 5) is 17.0. The number of hydrogen-bond acceptors (Lipinski definition) is 4. The van der Waals surface area contributed by atoms with Gasteiger partial charge in [-0.1, -0.05) is 23.7 Å². The largest absolute Gasteiger partial charge is 0.441 e. The summed E-state index contributed by atoms with van der Waals surface area (Å²) < 4.78 is 20.0. The zero-order chi connectivity index (χ0) is 19.8. The molecule has 0 bridgehead atoms. The van der Waals surface area contributed by atoms with Crippen LogP contribution >= 0.6 is 11.6 Å². The minimum atomic E-state index is -0.368. The molecule has 1 N–H and O–H groups in total. The Morgan fingerprint density at radius 3 is 2.71 bits per heavy atom. The quantitative estimate of drug-likeness (QED) is 0.539. The van der Waals surface area contributed by atoms with Crippen LogP contribution in [-0.4, -0.2) is 20.7 Å². The maximum atomic E-state index is 13.1. The number of amides is 1. The van der Waals surface area contributed by atoms with Crippen LogP contribution in [0.4, 0.5) is 10.1 Å². The first-order chi connectivity index (χ1) is 13.4. The lowest BCUT2D eigenvalue weighted by atomic mass is 10.2. The van der Waals surface area contributed by atoms with Gasteiger partial charge in [-0.25, -0.2) is 14.1 Å². The lowest BCUT2D eigenvalue weighted by Crippen LogP contribution is -2.13. The molecule has 0 fully saturated rings. The van der Waals surface area contributed by atoms with Crippen molar-refractivity contribution in [2.75, 3.05) is 5.32 Å². The normalized spacial score (nSPS) is 11.1. The van der Waals surface area contributed by atoms with Crippen molar-refractivity contribution in [1.29, 1.82) is 0 Å². The fourth-order valence-electron chi connectivity index (χ4n) is 2.99. The Morgan fingerprint density at radius 2 is 1.96 bits per heavy atom. The molecule has 0 aliphatic carbocycles. The number of carbonyl (C=O) groups excluding carboxylic acids is 1. The number of carbonyl (C=O) groups is 1. The first-order valence-corrected chi connectivity index (χ1v) is 8.94. The van der Waals surface area contributed by atoms with Crippen molar-refractivity contribution in [2.45, 2.75) is 20.4 Å². The third-order valence-corrected chi connectivity index (χ3v) is 4.67. The number of nitrogens with zero attached hydrogens (tertiary/aromatic N) is 3. The number of halogens is 2. The van der Waals surface area contributed by atoms with Gasteiger partial charge in [-0.05, 0) is 42.8 Å². The molecular weight excluding hydrogens is 383 g/mol. The van der Waals surface area contributed by atoms with E-state index in [0.717, 1.165) is 5.56 Å². The molecule has 0 unspecified atom stereocenters. The van der Waals surface area contributed by atoms with Gasteiger partial charge in [-0.15, -0.1) is 0 Å². The number of anilines is 1. The Kier molecular flexibility index (Phi) is 4.60. The highest BCUT2D eigenvalue weighted by Crippen LogP contribution is 2.24. The van der Waals surface area contributed by atoms with Gasteiger partial charge >= 0.3 is 0 Å². The fourth-order valence-corrected chi connectivity index (χ4v) is 3.31. The van der Waals surface area contributed by atoms with Crippen LogP contribution in [0.25, 0.3) is 11.1 Å². The van der Waals surface area contributed by atoms with E-state index in [-0.39, 0.29) is 16.9 Å². The van der Waals surface area contributed by atoms with Crippen LogP contribution in [0.1, 0.15) is 27.5 Å². The molecule has 0 aliphatic heterocycles. The van der Waals surface area contributed by atoms with Crippen molar-refractivity contribution in [2.24, 2.45) is 0 Å². The Morgan fingerprint density at radius 1 is 1.21 bits per heavy atom. The number of oxazole rings is 1. The van der Waals surface area contributed by atoms with E-state index in [9.17, 15) is 9.18 Å². The lowest BCUT2D eigenvalue weighted by molar-refractivity contribution is 0.102. The van der Waals surface area contributed by atoms with Gasteiger partial charge < -0.3 is 9.73 Å². The molecule has 8 heteroatoms. The smallest absolute Gasteiger partial charge is 0.260 e. The molecular formula is C20H16ClFN4O2. The molecule has 0 atom stereocenters. The summed E-state index contributed by atoms with van der Waals surface area (Å²) in [5.41, 5.74) is 3.50. The summed E-state index contributed by atoms with van der Waals surface area (Å²) in [5.74, 6) is -0.127. The van der Waals surface area contributed by atoms with E-state index in [2.05, 4.69) is 15.4 Å². The van der Waals surface area contributed by atoms with Crippen LogP contribution in [0.5, 0.6) is 0 Å². The highest BCUT2D eigenvalue weighted by atomic mass is 35.5. The molecule has 0 saturated heterocycles. The summed E-state index contributed by atoms with van der Waals surface area (Å²) in [6, 6.07) is 11.3. The van der Waals surface area contributed by atoms with E-state index in [4.69, 9.17) is 16.0 Å². The minimum Gasteiger partial charge on any atom is -0.441 e. The Labute approximate surface area is 164 Å². The van der Waals surface area contributed by atoms with Crippen molar-refractivity contribution >= 4 is 34.3 Å². The number of aryl methyl sites for hydroxylation is 2. The predicted molar refractivity (Wildman–Crippen MR) is 104 cm³/mol. The van der Waals surface area contributed by atoms with E-state index in [1.807, 2.05) is 0 Å². The molecule has 2 heterocycles. The fraction of sp³-hybridized carbons (Fsp3) is 0.150. The second-order valence-electron chi connectivity index (χ2n) is 6.40. The molecule has 4 aromatic rings. The Hall–Kier alpha value is -3.19. The van der Waals surface area contributed by atoms with Crippen molar-refractivity contribution in [3.8, 4) is 0 Å². The van der Waals surface area contributed by atoms with Gasteiger partial charge in [0.1, 0.15) is 16.5 Å². The average Bonchev–Trinajstić information content (AvgIpc) is 3.15. The third-order valence-electron chi connectivity index (χ3n) is 4.29. The van der Waals surface area contributed by atoms with E-state index in [1.54, 1.807) is 44.2 Å². The van der Waals surface area contributed by atoms with E-state index < -0.39 is 0 Å². The number of aromatic nitrogens is 3. The zero-order valence-corrected chi connectivity index (χ0v) is 15.9. The molecule has 0 saturated carbocycles. The standard InChI is InChI=1S/C20H16ClFN4O2/c1-11-18(19(21)26(25-11)10-13-3-5-14(22)6-4-13)20(27)24-15-7-8-17-16(9-15)23-12(2)28-17/h3-9H,10H2,1-2H3,(H,24,27). The van der Waals surface area contributed by atoms with Gasteiger partial charge in [-0.2, -0.15) is 5.10 Å². The monoisotopic (exact) mass is 398 g/mol. The molecule has 6 nitrogen and oxygen atoms in total. The maximum Gasteiger partial charge on any atom is 0.260 e. The van der Waals surface area contributed by atoms with Gasteiger partial charge in [0.15, 0.2) is 11.5 Å². The second kappa shape index (κ2) is 7.09. The number of hydrogen-bond donors (Lipinski definition) is 1. The summed E-state index contributed by atoms with van der Waals surface area (Å²) >= 11 is 6.41. The molecule has 0 spiro atoms. The maximum absolute atomic E-state index is 13.1. The Bertz CT molecular complexity index is 1180. The van der Waals surface area contributed by atoms with E-state index in [1.165, 1.54) is 16.8 Å². The van der Waals surface area contributed by atoms with Crippen LogP contribution < -0.4 is 5.32 Å². The van der Waals surface area contributed by atoms with Crippen LogP contribution in [0, 0.1) is 19.7 Å². The first kappa shape index (κ1) is 18.2. The van der Waals surface area contributed by atoms with Gasteiger partial charge in [0.2, 0.25) is 0 Å². The van der Waals surface area contributed by atoms with Crippen LogP contribution in [-0.2, 0) is 6.54 Å². The number of fused-ring (bicyclic) bond motifs is 1. The number of benzene rings is 2. The number of rotatable bonds is 4. The van der Waals surface area contributed by atoms with Gasteiger partial charge in [0, 0.05) is 12.6 Å².